The van der Waals surface area contributed by atoms with E-state index in [1.54, 1.807) is 0 Å². The third-order valence-electron chi connectivity index (χ3n) is 3.36. The van der Waals surface area contributed by atoms with Crippen LogP contribution in [0.25, 0.3) is 0 Å². The highest BCUT2D eigenvalue weighted by Crippen LogP contribution is 2.30. The summed E-state index contributed by atoms with van der Waals surface area (Å²) in [5, 5.41) is 19.6. The summed E-state index contributed by atoms with van der Waals surface area (Å²) in [6.07, 6.45) is 3.44. The second-order valence-corrected chi connectivity index (χ2v) is 4.98. The maximum atomic E-state index is 11.7. The fourth-order valence-corrected chi connectivity index (χ4v) is 2.38. The summed E-state index contributed by atoms with van der Waals surface area (Å²) in [5.74, 6) is -0.542. The Labute approximate surface area is 112 Å². The van der Waals surface area contributed by atoms with Gasteiger partial charge in [-0.15, -0.1) is 5.73 Å². The van der Waals surface area contributed by atoms with Crippen molar-refractivity contribution in [3.8, 4) is 0 Å². The highest BCUT2D eigenvalue weighted by Gasteiger charge is 2.36. The number of hydrogen-bond acceptors (Lipinski definition) is 4. The van der Waals surface area contributed by atoms with Gasteiger partial charge in [-0.1, -0.05) is 5.57 Å². The van der Waals surface area contributed by atoms with Gasteiger partial charge in [0, 0.05) is 12.0 Å². The average Bonchev–Trinajstić information content (AvgIpc) is 2.64. The standard InChI is InChI=1S/C15H18O4/c1-9-4-3-5-10(2)7-13-14(12(17)6-9)11(8-16)15(18)19-13/h3,7,12-13,16-17H,5-6,8H2,1-2H3. The van der Waals surface area contributed by atoms with Crippen molar-refractivity contribution in [2.75, 3.05) is 6.61 Å². The van der Waals surface area contributed by atoms with E-state index in [9.17, 15) is 15.0 Å². The number of rotatable bonds is 1. The molecule has 0 aromatic rings. The Kier molecular flexibility index (Phi) is 4.05. The molecule has 2 aliphatic rings. The van der Waals surface area contributed by atoms with E-state index in [0.717, 1.165) is 17.6 Å². The highest BCUT2D eigenvalue weighted by molar-refractivity contribution is 5.93. The first-order valence-corrected chi connectivity index (χ1v) is 6.33. The van der Waals surface area contributed by atoms with E-state index in [-0.39, 0.29) is 5.57 Å². The molecule has 2 rings (SSSR count). The number of carbonyl (C=O) groups is 1. The summed E-state index contributed by atoms with van der Waals surface area (Å²) < 4.78 is 5.22. The lowest BCUT2D eigenvalue weighted by Crippen LogP contribution is -2.21. The second kappa shape index (κ2) is 5.57. The van der Waals surface area contributed by atoms with Crippen LogP contribution in [0, 0.1) is 0 Å². The Balaban J connectivity index is 2.49. The monoisotopic (exact) mass is 262 g/mol. The van der Waals surface area contributed by atoms with Gasteiger partial charge in [-0.05, 0) is 38.0 Å². The number of ether oxygens (including phenoxy) is 1. The molecule has 4 nitrogen and oxygen atoms in total. The molecule has 2 atom stereocenters. The van der Waals surface area contributed by atoms with Crippen LogP contribution < -0.4 is 0 Å². The van der Waals surface area contributed by atoms with E-state index in [1.807, 2.05) is 26.0 Å². The van der Waals surface area contributed by atoms with E-state index in [0.29, 0.717) is 12.0 Å². The summed E-state index contributed by atoms with van der Waals surface area (Å²) >= 11 is 0. The topological polar surface area (TPSA) is 66.8 Å². The molecular weight excluding hydrogens is 244 g/mol. The molecule has 1 heterocycles. The zero-order chi connectivity index (χ0) is 14.0. The molecule has 0 saturated heterocycles. The number of allylic oxidation sites excluding steroid dienone is 1. The molecule has 1 aliphatic heterocycles. The molecule has 2 unspecified atom stereocenters. The minimum absolute atomic E-state index is 0.180. The van der Waals surface area contributed by atoms with Gasteiger partial charge in [0.1, 0.15) is 6.10 Å². The Morgan fingerprint density at radius 1 is 1.47 bits per heavy atom. The molecule has 0 saturated carbocycles. The summed E-state index contributed by atoms with van der Waals surface area (Å²) in [6, 6.07) is 0. The maximum Gasteiger partial charge on any atom is 0.337 e. The largest absolute Gasteiger partial charge is 0.450 e. The van der Waals surface area contributed by atoms with Gasteiger partial charge in [0.2, 0.25) is 0 Å². The molecular formula is C15H18O4. The number of fused-ring (bicyclic) bond motifs is 1. The SMILES string of the molecule is CC1=C=CCC(C)=CC2OC(=O)C(CO)=C2C(O)C1. The van der Waals surface area contributed by atoms with Crippen LogP contribution in [-0.2, 0) is 9.53 Å². The molecule has 4 heteroatoms. The van der Waals surface area contributed by atoms with Gasteiger partial charge in [0.05, 0.1) is 18.3 Å². The summed E-state index contributed by atoms with van der Waals surface area (Å²) in [6.45, 7) is 3.41. The molecule has 0 radical (unpaired) electrons. The van der Waals surface area contributed by atoms with Gasteiger partial charge >= 0.3 is 5.97 Å². The summed E-state index contributed by atoms with van der Waals surface area (Å²) in [5.41, 5.74) is 5.72. The van der Waals surface area contributed by atoms with E-state index < -0.39 is 24.8 Å². The zero-order valence-electron chi connectivity index (χ0n) is 11.1. The fourth-order valence-electron chi connectivity index (χ4n) is 2.38. The number of aliphatic hydroxyl groups excluding tert-OH is 2. The van der Waals surface area contributed by atoms with Gasteiger partial charge < -0.3 is 14.9 Å². The molecule has 2 N–H and O–H groups in total. The quantitative estimate of drug-likeness (QED) is 0.426. The predicted molar refractivity (Wildman–Crippen MR) is 70.3 cm³/mol. The second-order valence-electron chi connectivity index (χ2n) is 4.98. The first-order chi connectivity index (χ1) is 9.02. The predicted octanol–water partition coefficient (Wildman–Crippen LogP) is 1.40. The molecule has 0 amide bonds. The van der Waals surface area contributed by atoms with Gasteiger partial charge in [-0.3, -0.25) is 0 Å². The molecule has 0 bridgehead atoms. The molecule has 102 valence electrons. The van der Waals surface area contributed by atoms with Crippen LogP contribution in [0.2, 0.25) is 0 Å². The van der Waals surface area contributed by atoms with Crippen molar-refractivity contribution in [2.24, 2.45) is 0 Å². The van der Waals surface area contributed by atoms with E-state index in [2.05, 4.69) is 5.73 Å². The van der Waals surface area contributed by atoms with Crippen LogP contribution in [-0.4, -0.2) is 35.0 Å². The van der Waals surface area contributed by atoms with Crippen LogP contribution in [0.15, 0.2) is 40.2 Å². The van der Waals surface area contributed by atoms with Gasteiger partial charge in [-0.2, -0.15) is 0 Å². The molecule has 0 aromatic carbocycles. The van der Waals surface area contributed by atoms with E-state index in [1.165, 1.54) is 0 Å². The number of esters is 1. The zero-order valence-corrected chi connectivity index (χ0v) is 11.1. The fraction of sp³-hybridized carbons (Fsp3) is 0.467. The Bertz CT molecular complexity index is 518. The lowest BCUT2D eigenvalue weighted by atomic mass is 9.93. The van der Waals surface area contributed by atoms with Gasteiger partial charge in [-0.25, -0.2) is 4.79 Å². The van der Waals surface area contributed by atoms with Gasteiger partial charge in [0.25, 0.3) is 0 Å². The Morgan fingerprint density at radius 3 is 2.89 bits per heavy atom. The molecule has 0 spiro atoms. The lowest BCUT2D eigenvalue weighted by molar-refractivity contribution is -0.138. The third-order valence-corrected chi connectivity index (χ3v) is 3.36. The van der Waals surface area contributed by atoms with Crippen LogP contribution in [0.4, 0.5) is 0 Å². The highest BCUT2D eigenvalue weighted by atomic mass is 16.5. The van der Waals surface area contributed by atoms with Crippen molar-refractivity contribution < 1.29 is 19.7 Å². The Hall–Kier alpha value is -1.61. The van der Waals surface area contributed by atoms with Crippen molar-refractivity contribution in [1.29, 1.82) is 0 Å². The molecule has 1 aliphatic carbocycles. The van der Waals surface area contributed by atoms with Crippen molar-refractivity contribution >= 4 is 5.97 Å². The van der Waals surface area contributed by atoms with Gasteiger partial charge in [0.15, 0.2) is 0 Å². The molecule has 0 aromatic heterocycles. The lowest BCUT2D eigenvalue weighted by Gasteiger charge is -2.18. The van der Waals surface area contributed by atoms with Crippen molar-refractivity contribution in [3.63, 3.8) is 0 Å². The Morgan fingerprint density at radius 2 is 2.21 bits per heavy atom. The van der Waals surface area contributed by atoms with E-state index in [4.69, 9.17) is 4.74 Å². The number of carbonyl (C=O) groups excluding carboxylic acids is 1. The number of hydrogen-bond donors (Lipinski definition) is 2. The van der Waals surface area contributed by atoms with Crippen LogP contribution in [0.3, 0.4) is 0 Å². The van der Waals surface area contributed by atoms with Crippen molar-refractivity contribution in [2.45, 2.75) is 38.9 Å². The first-order valence-electron chi connectivity index (χ1n) is 6.33. The molecule has 0 fully saturated rings. The summed E-state index contributed by atoms with van der Waals surface area (Å²) in [7, 11) is 0. The average molecular weight is 262 g/mol. The maximum absolute atomic E-state index is 11.7. The normalized spacial score (nSPS) is 27.7. The van der Waals surface area contributed by atoms with Crippen LogP contribution in [0.1, 0.15) is 26.7 Å². The van der Waals surface area contributed by atoms with Crippen LogP contribution >= 0.6 is 0 Å². The minimum Gasteiger partial charge on any atom is -0.450 e. The van der Waals surface area contributed by atoms with E-state index >= 15 is 0 Å². The number of aliphatic hydroxyl groups is 2. The summed E-state index contributed by atoms with van der Waals surface area (Å²) in [4.78, 5) is 11.7. The van der Waals surface area contributed by atoms with Crippen molar-refractivity contribution in [3.05, 3.63) is 40.2 Å². The smallest absolute Gasteiger partial charge is 0.337 e. The minimum atomic E-state index is -0.832. The van der Waals surface area contributed by atoms with Crippen molar-refractivity contribution in [1.82, 2.24) is 0 Å². The first kappa shape index (κ1) is 13.8. The molecule has 19 heavy (non-hydrogen) atoms. The van der Waals surface area contributed by atoms with Crippen LogP contribution in [0.5, 0.6) is 0 Å². The third kappa shape index (κ3) is 2.87.